The molecular weight excluding hydrogens is 895 g/mol. The van der Waals surface area contributed by atoms with Crippen LogP contribution in [0.1, 0.15) is 98.5 Å². The van der Waals surface area contributed by atoms with Gasteiger partial charge >= 0.3 is 11.9 Å². The van der Waals surface area contributed by atoms with Gasteiger partial charge in [-0.3, -0.25) is 38.4 Å². The van der Waals surface area contributed by atoms with Crippen LogP contribution in [0.4, 0.5) is 0 Å². The van der Waals surface area contributed by atoms with Crippen molar-refractivity contribution in [3.63, 3.8) is 0 Å². The van der Waals surface area contributed by atoms with E-state index in [4.69, 9.17) is 0 Å². The molecule has 1 saturated heterocycles. The average molecular weight is 956 g/mol. The van der Waals surface area contributed by atoms with Gasteiger partial charge in [0.2, 0.25) is 40.5 Å². The zero-order valence-corrected chi connectivity index (χ0v) is 39.9. The third-order valence-electron chi connectivity index (χ3n) is 11.1. The van der Waals surface area contributed by atoms with Gasteiger partial charge in [0.05, 0.1) is 13.5 Å². The third kappa shape index (κ3) is 14.5. The molecular formula is C44H61N9O11S2. The molecule has 1 fully saturated rings. The van der Waals surface area contributed by atoms with E-state index in [2.05, 4.69) is 53.9 Å². The number of fused-ring (bicyclic) bond motifs is 1. The van der Waals surface area contributed by atoms with Crippen molar-refractivity contribution in [1.29, 1.82) is 0 Å². The van der Waals surface area contributed by atoms with Crippen LogP contribution in [-0.2, 0) is 44.7 Å². The van der Waals surface area contributed by atoms with Crippen LogP contribution in [-0.4, -0.2) is 147 Å². The van der Waals surface area contributed by atoms with Crippen LogP contribution in [0.25, 0.3) is 10.9 Å². The summed E-state index contributed by atoms with van der Waals surface area (Å²) in [4.78, 5) is 128. The highest BCUT2D eigenvalue weighted by atomic mass is 32.1. The first-order valence-electron chi connectivity index (χ1n) is 21.8. The lowest BCUT2D eigenvalue weighted by molar-refractivity contribution is -0.143. The van der Waals surface area contributed by atoms with Crippen molar-refractivity contribution < 1.29 is 53.0 Å². The van der Waals surface area contributed by atoms with E-state index in [0.29, 0.717) is 12.8 Å². The second-order valence-electron chi connectivity index (χ2n) is 16.8. The number of likely N-dealkylation sites (tertiary alicyclic amines) is 1. The normalized spacial score (nSPS) is 16.3. The fourth-order valence-electron chi connectivity index (χ4n) is 7.51. The summed E-state index contributed by atoms with van der Waals surface area (Å²) in [6.45, 7) is 7.02. The number of aromatic amines is 1. The molecule has 1 aliphatic heterocycles. The van der Waals surface area contributed by atoms with Gasteiger partial charge < -0.3 is 51.2 Å². The smallest absolute Gasteiger partial charge is 0.365 e. The SMILES string of the molecule is CC[C@H](NC(=O)[C@H](C)NC(=O)[C@H](CC[C@H](S)CC(=O)OC)NC(=O)c1csc(C(=O)O)n1)C(=O)N[C@@H](CC(C)C)C(=O)N1CCC[C@H]1C(=O)N[C@@H](Cc1c[nH]c2ccccc12)C(=O)N(C)C. The summed E-state index contributed by atoms with van der Waals surface area (Å²) < 4.78 is 4.68. The Morgan fingerprint density at radius 1 is 0.924 bits per heavy atom. The van der Waals surface area contributed by atoms with Crippen molar-refractivity contribution >= 4 is 88.2 Å². The number of hydrogen-bond donors (Lipinski definition) is 8. The van der Waals surface area contributed by atoms with Gasteiger partial charge in [0, 0.05) is 54.8 Å². The highest BCUT2D eigenvalue weighted by molar-refractivity contribution is 7.81. The van der Waals surface area contributed by atoms with Gasteiger partial charge in [0.25, 0.3) is 5.91 Å². The van der Waals surface area contributed by atoms with Crippen molar-refractivity contribution in [2.24, 2.45) is 5.92 Å². The first-order chi connectivity index (χ1) is 31.2. The van der Waals surface area contributed by atoms with Gasteiger partial charge in [0.1, 0.15) is 41.9 Å². The second kappa shape index (κ2) is 24.5. The number of methoxy groups -OCH3 is 1. The lowest BCUT2D eigenvalue weighted by atomic mass is 10.0. The van der Waals surface area contributed by atoms with Gasteiger partial charge in [-0.1, -0.05) is 39.0 Å². The zero-order chi connectivity index (χ0) is 48.8. The number of likely N-dealkylation sites (N-methyl/N-ethyl adjacent to an activating group) is 1. The largest absolute Gasteiger partial charge is 0.476 e. The molecule has 0 aliphatic carbocycles. The summed E-state index contributed by atoms with van der Waals surface area (Å²) in [5.41, 5.74) is 1.49. The molecule has 0 radical (unpaired) electrons. The monoisotopic (exact) mass is 955 g/mol. The Morgan fingerprint density at radius 2 is 1.61 bits per heavy atom. The number of carbonyl (C=O) groups excluding carboxylic acids is 8. The first kappa shape index (κ1) is 52.6. The number of carboxylic acids is 1. The number of para-hydroxylation sites is 1. The molecule has 7 amide bonds. The van der Waals surface area contributed by atoms with Gasteiger partial charge in [0.15, 0.2) is 0 Å². The fraction of sp³-hybridized carbons (Fsp3) is 0.545. The zero-order valence-electron chi connectivity index (χ0n) is 38.2. The Morgan fingerprint density at radius 3 is 2.24 bits per heavy atom. The standard InChI is InChI=1S/C44H61N9O11S2/c1-8-28(47-36(55)24(4)46-38(57)30(16-15-26(65)20-35(54)64-7)48-39(58)33-22-66-41(51-33)44(62)63)37(56)49-31(18-23(2)3)43(61)53-17-11-14-34(53)40(59)50-32(42(60)52(5)6)19-25-21-45-29-13-10-9-12-27(25)29/h9-10,12-13,21-24,26,28,30-32,34,45,65H,8,11,14-20H2,1-7H3,(H,46,57)(H,47,55)(H,48,58)(H,49,56)(H,50,59)(H,62,63)/t24-,26-,28-,30-,31-,32-,34-/m0/s1. The molecule has 7 N–H and O–H groups in total. The van der Waals surface area contributed by atoms with Gasteiger partial charge in [-0.25, -0.2) is 9.78 Å². The molecule has 360 valence electrons. The predicted octanol–water partition coefficient (Wildman–Crippen LogP) is 1.80. The molecule has 66 heavy (non-hydrogen) atoms. The number of carboxylic acid groups (broad SMARTS) is 1. The van der Waals surface area contributed by atoms with Crippen molar-refractivity contribution in [2.75, 3.05) is 27.7 Å². The molecule has 1 aliphatic rings. The van der Waals surface area contributed by atoms with E-state index in [0.717, 1.165) is 27.8 Å². The molecule has 2 aromatic heterocycles. The van der Waals surface area contributed by atoms with E-state index in [1.54, 1.807) is 21.0 Å². The van der Waals surface area contributed by atoms with Crippen molar-refractivity contribution in [1.82, 2.24) is 46.4 Å². The molecule has 0 unspecified atom stereocenters. The topological polar surface area (TPSA) is 278 Å². The van der Waals surface area contributed by atoms with Crippen LogP contribution < -0.4 is 26.6 Å². The first-order valence-corrected chi connectivity index (χ1v) is 23.2. The van der Waals surface area contributed by atoms with Gasteiger partial charge in [-0.15, -0.1) is 11.3 Å². The third-order valence-corrected chi connectivity index (χ3v) is 12.3. The summed E-state index contributed by atoms with van der Waals surface area (Å²) in [5.74, 6) is -6.29. The van der Waals surface area contributed by atoms with E-state index in [-0.39, 0.29) is 67.6 Å². The molecule has 4 rings (SSSR count). The number of esters is 1. The summed E-state index contributed by atoms with van der Waals surface area (Å²) in [6.07, 6.45) is 3.21. The van der Waals surface area contributed by atoms with E-state index < -0.39 is 88.9 Å². The van der Waals surface area contributed by atoms with Crippen LogP contribution >= 0.6 is 24.0 Å². The molecule has 22 heteroatoms. The Hall–Kier alpha value is -6.03. The number of hydrogen-bond acceptors (Lipinski definition) is 13. The average Bonchev–Trinajstić information content (AvgIpc) is 4.07. The molecule has 20 nitrogen and oxygen atoms in total. The maximum absolute atomic E-state index is 14.3. The molecule has 3 heterocycles. The highest BCUT2D eigenvalue weighted by Gasteiger charge is 2.40. The van der Waals surface area contributed by atoms with Gasteiger partial charge in [-0.05, 0) is 63.0 Å². The summed E-state index contributed by atoms with van der Waals surface area (Å²) in [6, 6.07) is 1.07. The number of rotatable bonds is 23. The van der Waals surface area contributed by atoms with E-state index in [1.807, 2.05) is 44.3 Å². The number of aromatic nitrogens is 2. The predicted molar refractivity (Wildman–Crippen MR) is 248 cm³/mol. The van der Waals surface area contributed by atoms with Crippen molar-refractivity contribution in [3.8, 4) is 0 Å². The summed E-state index contributed by atoms with van der Waals surface area (Å²) in [5, 5.41) is 23.9. The lowest BCUT2D eigenvalue weighted by Gasteiger charge is -2.31. The molecule has 1 aromatic carbocycles. The number of thiazole rings is 1. The molecule has 3 aromatic rings. The Labute approximate surface area is 392 Å². The number of H-pyrrole nitrogens is 1. The number of nitrogens with one attached hydrogen (secondary N) is 6. The fourth-order valence-corrected chi connectivity index (χ4v) is 8.44. The minimum Gasteiger partial charge on any atom is -0.476 e. The van der Waals surface area contributed by atoms with E-state index >= 15 is 0 Å². The minimum absolute atomic E-state index is 0.0441. The number of ether oxygens (including phenoxy) is 1. The van der Waals surface area contributed by atoms with Gasteiger partial charge in [-0.2, -0.15) is 12.6 Å². The Balaban J connectivity index is 1.42. The number of carbonyl (C=O) groups is 9. The number of nitrogens with zero attached hydrogens (tertiary/aromatic N) is 3. The molecule has 0 spiro atoms. The van der Waals surface area contributed by atoms with E-state index in [1.165, 1.54) is 29.2 Å². The lowest BCUT2D eigenvalue weighted by Crippen LogP contribution is -2.59. The maximum Gasteiger partial charge on any atom is 0.365 e. The quantitative estimate of drug-likeness (QED) is 0.0500. The number of aromatic carboxylic acids is 1. The minimum atomic E-state index is -1.34. The molecule has 0 bridgehead atoms. The highest BCUT2D eigenvalue weighted by Crippen LogP contribution is 2.23. The van der Waals surface area contributed by atoms with Crippen LogP contribution in [0.15, 0.2) is 35.8 Å². The Kier molecular flexibility index (Phi) is 19.5. The Bertz CT molecular complexity index is 2250. The number of benzene rings is 1. The number of thiol groups is 1. The summed E-state index contributed by atoms with van der Waals surface area (Å²) in [7, 11) is 4.42. The summed E-state index contributed by atoms with van der Waals surface area (Å²) >= 11 is 5.11. The van der Waals surface area contributed by atoms with Crippen LogP contribution in [0.2, 0.25) is 0 Å². The van der Waals surface area contributed by atoms with Crippen LogP contribution in [0.5, 0.6) is 0 Å². The van der Waals surface area contributed by atoms with Crippen molar-refractivity contribution in [3.05, 3.63) is 52.1 Å². The molecule has 0 saturated carbocycles. The second-order valence-corrected chi connectivity index (χ2v) is 18.4. The van der Waals surface area contributed by atoms with Crippen molar-refractivity contribution in [2.45, 2.75) is 121 Å². The number of amides is 7. The maximum atomic E-state index is 14.3. The van der Waals surface area contributed by atoms with Crippen LogP contribution in [0, 0.1) is 5.92 Å². The molecule has 7 atom stereocenters. The van der Waals surface area contributed by atoms with E-state index in [9.17, 15) is 48.3 Å². The van der Waals surface area contributed by atoms with Crippen LogP contribution in [0.3, 0.4) is 0 Å².